The molecule has 10 heteroatoms. The van der Waals surface area contributed by atoms with Crippen molar-refractivity contribution in [1.82, 2.24) is 15.2 Å². The van der Waals surface area contributed by atoms with Crippen LogP contribution in [-0.4, -0.2) is 46.0 Å². The fraction of sp³-hybridized carbons (Fsp3) is 0.211. The maximum Gasteiger partial charge on any atom is 0.405 e. The number of nitriles is 1. The quantitative estimate of drug-likeness (QED) is 0.642. The van der Waals surface area contributed by atoms with Crippen molar-refractivity contribution in [2.75, 3.05) is 18.4 Å². The van der Waals surface area contributed by atoms with Crippen molar-refractivity contribution in [3.8, 4) is 6.07 Å². The smallest absolute Gasteiger partial charge is 0.405 e. The highest BCUT2D eigenvalue weighted by Crippen LogP contribution is 2.36. The molecule has 0 aliphatic carbocycles. The Morgan fingerprint density at radius 1 is 1.41 bits per heavy atom. The van der Waals surface area contributed by atoms with Gasteiger partial charge >= 0.3 is 6.09 Å². The van der Waals surface area contributed by atoms with E-state index in [1.807, 2.05) is 6.07 Å². The summed E-state index contributed by atoms with van der Waals surface area (Å²) in [6.07, 6.45) is 5.46. The van der Waals surface area contributed by atoms with Gasteiger partial charge in [-0.15, -0.1) is 11.3 Å². The molecule has 1 aliphatic heterocycles. The van der Waals surface area contributed by atoms with Gasteiger partial charge in [0, 0.05) is 29.9 Å². The minimum atomic E-state index is -1.26. The van der Waals surface area contributed by atoms with E-state index in [2.05, 4.69) is 21.7 Å². The normalized spacial score (nSPS) is 12.9. The Hall–Kier alpha value is -3.71. The summed E-state index contributed by atoms with van der Waals surface area (Å²) < 4.78 is 0. The molecule has 2 aromatic rings. The molecule has 0 fully saturated rings. The number of pyridine rings is 1. The molecule has 2 aromatic heterocycles. The molecule has 3 amide bonds. The molecule has 0 bridgehead atoms. The topological polar surface area (TPSA) is 135 Å². The fourth-order valence-electron chi connectivity index (χ4n) is 2.89. The highest BCUT2D eigenvalue weighted by molar-refractivity contribution is 7.16. The van der Waals surface area contributed by atoms with E-state index in [0.717, 1.165) is 16.0 Å². The first-order chi connectivity index (χ1) is 14.0. The van der Waals surface area contributed by atoms with Crippen LogP contribution < -0.4 is 10.6 Å². The van der Waals surface area contributed by atoms with E-state index < -0.39 is 6.09 Å². The van der Waals surface area contributed by atoms with Crippen LogP contribution in [0.1, 0.15) is 21.6 Å². The summed E-state index contributed by atoms with van der Waals surface area (Å²) in [5.74, 6) is -0.711. The number of thiophene rings is 1. The summed E-state index contributed by atoms with van der Waals surface area (Å²) in [6.45, 7) is 0.354. The largest absolute Gasteiger partial charge is 0.465 e. The zero-order valence-electron chi connectivity index (χ0n) is 15.2. The van der Waals surface area contributed by atoms with Gasteiger partial charge in [-0.25, -0.2) is 4.79 Å². The number of carbonyl (C=O) groups excluding carboxylic acids is 2. The van der Waals surface area contributed by atoms with Gasteiger partial charge in [0.05, 0.1) is 12.1 Å². The number of hydrogen-bond acceptors (Lipinski definition) is 6. The lowest BCUT2D eigenvalue weighted by Gasteiger charge is -2.26. The van der Waals surface area contributed by atoms with E-state index in [9.17, 15) is 19.6 Å². The van der Waals surface area contributed by atoms with E-state index in [1.54, 1.807) is 24.5 Å². The molecule has 0 saturated carbocycles. The van der Waals surface area contributed by atoms with Crippen molar-refractivity contribution < 1.29 is 19.5 Å². The number of carboxylic acid groups (broad SMARTS) is 1. The van der Waals surface area contributed by atoms with Crippen molar-refractivity contribution in [2.45, 2.75) is 13.0 Å². The van der Waals surface area contributed by atoms with Crippen LogP contribution in [0.25, 0.3) is 6.08 Å². The van der Waals surface area contributed by atoms with Crippen molar-refractivity contribution in [2.24, 2.45) is 0 Å². The molecule has 29 heavy (non-hydrogen) atoms. The van der Waals surface area contributed by atoms with E-state index in [-0.39, 0.29) is 24.9 Å². The number of rotatable bonds is 5. The lowest BCUT2D eigenvalue weighted by molar-refractivity contribution is -0.131. The molecule has 3 N–H and O–H groups in total. The molecule has 0 aromatic carbocycles. The van der Waals surface area contributed by atoms with Crippen molar-refractivity contribution >= 4 is 40.3 Å². The molecule has 0 radical (unpaired) electrons. The standard InChI is InChI=1S/C19H17N5O4S/c20-8-14-13-5-7-24(17(26)10-22-19(27)28)11-15(13)29-18(14)23-16(25)4-3-12-2-1-6-21-9-12/h1-4,6,9,22H,5,7,10-11H2,(H,23,25)(H,27,28). The van der Waals surface area contributed by atoms with Crippen LogP contribution in [0.15, 0.2) is 30.6 Å². The van der Waals surface area contributed by atoms with E-state index in [0.29, 0.717) is 23.5 Å². The number of amides is 3. The zero-order valence-corrected chi connectivity index (χ0v) is 16.0. The molecule has 0 unspecified atom stereocenters. The Morgan fingerprint density at radius 2 is 2.24 bits per heavy atom. The number of aromatic nitrogens is 1. The van der Waals surface area contributed by atoms with Gasteiger partial charge < -0.3 is 20.6 Å². The van der Waals surface area contributed by atoms with Crippen molar-refractivity contribution in [1.29, 1.82) is 5.26 Å². The van der Waals surface area contributed by atoms with Crippen LogP contribution in [0, 0.1) is 11.3 Å². The predicted molar refractivity (Wildman–Crippen MR) is 106 cm³/mol. The molecule has 1 aliphatic rings. The first kappa shape index (κ1) is 20.0. The highest BCUT2D eigenvalue weighted by atomic mass is 32.1. The van der Waals surface area contributed by atoms with Crippen LogP contribution in [0.5, 0.6) is 0 Å². The predicted octanol–water partition coefficient (Wildman–Crippen LogP) is 1.82. The molecule has 0 spiro atoms. The summed E-state index contributed by atoms with van der Waals surface area (Å²) in [5.41, 5.74) is 2.00. The minimum absolute atomic E-state index is 0.274. The van der Waals surface area contributed by atoms with Gasteiger partial charge in [-0.2, -0.15) is 5.26 Å². The number of hydrogen-bond donors (Lipinski definition) is 3. The van der Waals surface area contributed by atoms with E-state index >= 15 is 0 Å². The Kier molecular flexibility index (Phi) is 6.21. The molecule has 3 rings (SSSR count). The number of fused-ring (bicyclic) bond motifs is 1. The van der Waals surface area contributed by atoms with Crippen LogP contribution in [-0.2, 0) is 22.6 Å². The molecule has 0 saturated heterocycles. The SMILES string of the molecule is N#Cc1c(NC(=O)C=Cc2cccnc2)sc2c1CCN(C(=O)CNC(=O)O)C2. The van der Waals surface area contributed by atoms with Gasteiger partial charge in [0.25, 0.3) is 0 Å². The Balaban J connectivity index is 1.70. The number of carbonyl (C=O) groups is 3. The number of anilines is 1. The summed E-state index contributed by atoms with van der Waals surface area (Å²) in [4.78, 5) is 41.2. The monoisotopic (exact) mass is 411 g/mol. The summed E-state index contributed by atoms with van der Waals surface area (Å²) in [6, 6.07) is 5.71. The Labute approximate surface area is 170 Å². The van der Waals surface area contributed by atoms with E-state index in [4.69, 9.17) is 5.11 Å². The minimum Gasteiger partial charge on any atom is -0.465 e. The van der Waals surface area contributed by atoms with Gasteiger partial charge in [0.1, 0.15) is 17.6 Å². The number of nitrogens with one attached hydrogen (secondary N) is 2. The molecule has 3 heterocycles. The molecule has 148 valence electrons. The summed E-state index contributed by atoms with van der Waals surface area (Å²) in [7, 11) is 0. The molecular formula is C19H17N5O4S. The Morgan fingerprint density at radius 3 is 2.93 bits per heavy atom. The van der Waals surface area contributed by atoms with Gasteiger partial charge in [-0.05, 0) is 29.7 Å². The van der Waals surface area contributed by atoms with Crippen LogP contribution in [0.4, 0.5) is 9.80 Å². The van der Waals surface area contributed by atoms with Crippen LogP contribution in [0.2, 0.25) is 0 Å². The van der Waals surface area contributed by atoms with Gasteiger partial charge in [-0.3, -0.25) is 14.6 Å². The maximum absolute atomic E-state index is 12.2. The van der Waals surface area contributed by atoms with Crippen LogP contribution in [0.3, 0.4) is 0 Å². The van der Waals surface area contributed by atoms with Gasteiger partial charge in [-0.1, -0.05) is 6.07 Å². The average Bonchev–Trinajstić information content (AvgIpc) is 3.07. The van der Waals surface area contributed by atoms with Gasteiger partial charge in [0.2, 0.25) is 11.8 Å². The maximum atomic E-state index is 12.2. The third-order valence-corrected chi connectivity index (χ3v) is 5.39. The lowest BCUT2D eigenvalue weighted by Crippen LogP contribution is -2.42. The second-order valence-corrected chi connectivity index (χ2v) is 7.26. The number of nitrogens with zero attached hydrogens (tertiary/aromatic N) is 3. The Bertz CT molecular complexity index is 1010. The third kappa shape index (κ3) is 4.97. The van der Waals surface area contributed by atoms with E-state index in [1.165, 1.54) is 22.3 Å². The third-order valence-electron chi connectivity index (χ3n) is 4.26. The fourth-order valence-corrected chi connectivity index (χ4v) is 4.10. The summed E-state index contributed by atoms with van der Waals surface area (Å²) >= 11 is 1.25. The highest BCUT2D eigenvalue weighted by Gasteiger charge is 2.27. The van der Waals surface area contributed by atoms with Crippen LogP contribution >= 0.6 is 11.3 Å². The first-order valence-corrected chi connectivity index (χ1v) is 9.48. The first-order valence-electron chi connectivity index (χ1n) is 8.66. The molecular weight excluding hydrogens is 394 g/mol. The average molecular weight is 411 g/mol. The van der Waals surface area contributed by atoms with Crippen molar-refractivity contribution in [3.63, 3.8) is 0 Å². The molecule has 0 atom stereocenters. The van der Waals surface area contributed by atoms with Crippen molar-refractivity contribution in [3.05, 3.63) is 52.2 Å². The lowest BCUT2D eigenvalue weighted by atomic mass is 10.0. The van der Waals surface area contributed by atoms with Gasteiger partial charge in [0.15, 0.2) is 0 Å². The summed E-state index contributed by atoms with van der Waals surface area (Å²) in [5, 5.41) is 23.4. The zero-order chi connectivity index (χ0) is 20.8. The molecule has 9 nitrogen and oxygen atoms in total. The second kappa shape index (κ2) is 8.99. The second-order valence-electron chi connectivity index (χ2n) is 6.15.